The summed E-state index contributed by atoms with van der Waals surface area (Å²) in [5.74, 6) is -1.72. The van der Waals surface area contributed by atoms with Crippen molar-refractivity contribution < 1.29 is 19.1 Å². The molecule has 19 heavy (non-hydrogen) atoms. The summed E-state index contributed by atoms with van der Waals surface area (Å²) < 4.78 is 4.98. The van der Waals surface area contributed by atoms with Gasteiger partial charge in [0, 0.05) is 6.04 Å². The summed E-state index contributed by atoms with van der Waals surface area (Å²) in [7, 11) is 0. The summed E-state index contributed by atoms with van der Waals surface area (Å²) in [6, 6.07) is 1.36. The van der Waals surface area contributed by atoms with Gasteiger partial charge in [0.05, 0.1) is 6.26 Å². The lowest BCUT2D eigenvalue weighted by atomic mass is 10.0. The number of carboxylic acids is 1. The summed E-state index contributed by atoms with van der Waals surface area (Å²) in [6.07, 6.45) is 6.08. The third-order valence-corrected chi connectivity index (χ3v) is 2.98. The highest BCUT2D eigenvalue weighted by Crippen LogP contribution is 2.13. The Morgan fingerprint density at radius 1 is 1.32 bits per heavy atom. The van der Waals surface area contributed by atoms with Crippen molar-refractivity contribution in [2.24, 2.45) is 0 Å². The lowest BCUT2D eigenvalue weighted by Crippen LogP contribution is -2.35. The predicted molar refractivity (Wildman–Crippen MR) is 71.4 cm³/mol. The summed E-state index contributed by atoms with van der Waals surface area (Å²) >= 11 is 0. The van der Waals surface area contributed by atoms with Crippen molar-refractivity contribution in [3.8, 4) is 0 Å². The Bertz CT molecular complexity index is 425. The van der Waals surface area contributed by atoms with Gasteiger partial charge in [0.1, 0.15) is 5.56 Å². The molecule has 1 rings (SSSR count). The molecule has 1 amide bonds. The van der Waals surface area contributed by atoms with Crippen LogP contribution in [0.25, 0.3) is 0 Å². The van der Waals surface area contributed by atoms with Crippen LogP contribution in [0, 0.1) is 0 Å². The molecule has 1 aromatic heterocycles. The van der Waals surface area contributed by atoms with E-state index < -0.39 is 11.9 Å². The molecule has 0 aromatic carbocycles. The Labute approximate surface area is 113 Å². The van der Waals surface area contributed by atoms with Gasteiger partial charge in [-0.3, -0.25) is 4.79 Å². The van der Waals surface area contributed by atoms with Gasteiger partial charge in [-0.2, -0.15) is 0 Å². The van der Waals surface area contributed by atoms with Crippen LogP contribution in [-0.4, -0.2) is 23.0 Å². The maximum absolute atomic E-state index is 12.0. The molecule has 106 valence electrons. The quantitative estimate of drug-likeness (QED) is 0.758. The Morgan fingerprint density at radius 2 is 2.05 bits per heavy atom. The average molecular weight is 267 g/mol. The van der Waals surface area contributed by atoms with Gasteiger partial charge in [-0.05, 0) is 18.9 Å². The fourth-order valence-electron chi connectivity index (χ4n) is 1.99. The molecule has 0 spiro atoms. The van der Waals surface area contributed by atoms with Crippen LogP contribution in [-0.2, 0) is 0 Å². The van der Waals surface area contributed by atoms with Crippen LogP contribution < -0.4 is 5.32 Å². The second kappa shape index (κ2) is 7.61. The maximum Gasteiger partial charge on any atom is 0.339 e. The predicted octanol–water partition coefficient (Wildman–Crippen LogP) is 3.07. The number of carbonyl (C=O) groups excluding carboxylic acids is 1. The largest absolute Gasteiger partial charge is 0.478 e. The third kappa shape index (κ3) is 4.43. The number of amides is 1. The molecule has 2 N–H and O–H groups in total. The first-order valence-electron chi connectivity index (χ1n) is 6.71. The van der Waals surface area contributed by atoms with Crippen LogP contribution >= 0.6 is 0 Å². The lowest BCUT2D eigenvalue weighted by molar-refractivity contribution is 0.0687. The molecule has 0 aliphatic rings. The number of hydrogen-bond donors (Lipinski definition) is 2. The first-order valence-corrected chi connectivity index (χ1v) is 6.71. The van der Waals surface area contributed by atoms with E-state index in [1.165, 1.54) is 12.3 Å². The Morgan fingerprint density at radius 3 is 2.63 bits per heavy atom. The van der Waals surface area contributed by atoms with Crippen LogP contribution in [0.3, 0.4) is 0 Å². The molecule has 5 heteroatoms. The standard InChI is InChI=1S/C14H21NO4/c1-3-5-7-10(6-4-2)15-13(16)12-11(14(17)18)8-9-19-12/h8-10H,3-7H2,1-2H3,(H,15,16)(H,17,18). The van der Waals surface area contributed by atoms with Crippen molar-refractivity contribution in [1.29, 1.82) is 0 Å². The number of carboxylic acid groups (broad SMARTS) is 1. The fourth-order valence-corrected chi connectivity index (χ4v) is 1.99. The summed E-state index contributed by atoms with van der Waals surface area (Å²) in [4.78, 5) is 22.9. The molecular weight excluding hydrogens is 246 g/mol. The number of nitrogens with one attached hydrogen (secondary N) is 1. The molecule has 0 aliphatic heterocycles. The highest BCUT2D eigenvalue weighted by Gasteiger charge is 2.22. The number of unbranched alkanes of at least 4 members (excludes halogenated alkanes) is 1. The van der Waals surface area contributed by atoms with Gasteiger partial charge in [-0.1, -0.05) is 33.1 Å². The Hall–Kier alpha value is -1.78. The van der Waals surface area contributed by atoms with Crippen molar-refractivity contribution in [2.75, 3.05) is 0 Å². The number of rotatable bonds is 8. The van der Waals surface area contributed by atoms with Gasteiger partial charge in [0.15, 0.2) is 0 Å². The third-order valence-electron chi connectivity index (χ3n) is 2.98. The second-order valence-corrected chi connectivity index (χ2v) is 4.57. The maximum atomic E-state index is 12.0. The number of aromatic carboxylic acids is 1. The van der Waals surface area contributed by atoms with E-state index in [2.05, 4.69) is 19.2 Å². The number of furan rings is 1. The Balaban J connectivity index is 2.70. The number of carbonyl (C=O) groups is 2. The molecule has 0 saturated carbocycles. The molecule has 1 aromatic rings. The van der Waals surface area contributed by atoms with E-state index in [1.54, 1.807) is 0 Å². The molecule has 0 fully saturated rings. The van der Waals surface area contributed by atoms with Crippen molar-refractivity contribution in [3.05, 3.63) is 23.7 Å². The highest BCUT2D eigenvalue weighted by molar-refractivity contribution is 6.02. The first kappa shape index (κ1) is 15.3. The molecule has 5 nitrogen and oxygen atoms in total. The van der Waals surface area contributed by atoms with Gasteiger partial charge in [-0.15, -0.1) is 0 Å². The fraction of sp³-hybridized carbons (Fsp3) is 0.571. The lowest BCUT2D eigenvalue weighted by Gasteiger charge is -2.17. The molecule has 0 radical (unpaired) electrons. The van der Waals surface area contributed by atoms with E-state index in [-0.39, 0.29) is 17.4 Å². The zero-order valence-corrected chi connectivity index (χ0v) is 11.4. The van der Waals surface area contributed by atoms with Crippen molar-refractivity contribution in [3.63, 3.8) is 0 Å². The molecule has 1 unspecified atom stereocenters. The van der Waals surface area contributed by atoms with Gasteiger partial charge in [-0.25, -0.2) is 4.79 Å². The zero-order valence-electron chi connectivity index (χ0n) is 11.4. The number of hydrogen-bond acceptors (Lipinski definition) is 3. The summed E-state index contributed by atoms with van der Waals surface area (Å²) in [5, 5.41) is 11.8. The molecule has 0 bridgehead atoms. The van der Waals surface area contributed by atoms with Crippen molar-refractivity contribution in [2.45, 2.75) is 52.0 Å². The monoisotopic (exact) mass is 267 g/mol. The van der Waals surface area contributed by atoms with E-state index in [9.17, 15) is 9.59 Å². The SMILES string of the molecule is CCCCC(CCC)NC(=O)c1occc1C(=O)O. The van der Waals surface area contributed by atoms with Crippen LogP contribution in [0.5, 0.6) is 0 Å². The smallest absolute Gasteiger partial charge is 0.339 e. The minimum atomic E-state index is -1.15. The van der Waals surface area contributed by atoms with Crippen LogP contribution in [0.2, 0.25) is 0 Å². The highest BCUT2D eigenvalue weighted by atomic mass is 16.4. The van der Waals surface area contributed by atoms with Crippen molar-refractivity contribution >= 4 is 11.9 Å². The molecule has 0 saturated heterocycles. The minimum Gasteiger partial charge on any atom is -0.478 e. The van der Waals surface area contributed by atoms with Gasteiger partial charge in [0.25, 0.3) is 5.91 Å². The zero-order chi connectivity index (χ0) is 14.3. The normalized spacial score (nSPS) is 12.1. The summed E-state index contributed by atoms with van der Waals surface area (Å²) in [5.41, 5.74) is -0.0942. The van der Waals surface area contributed by atoms with Gasteiger partial charge >= 0.3 is 5.97 Å². The van der Waals surface area contributed by atoms with Crippen molar-refractivity contribution in [1.82, 2.24) is 5.32 Å². The van der Waals surface area contributed by atoms with E-state index >= 15 is 0 Å². The Kier molecular flexibility index (Phi) is 6.12. The van der Waals surface area contributed by atoms with Gasteiger partial charge in [0.2, 0.25) is 5.76 Å². The van der Waals surface area contributed by atoms with Crippen LogP contribution in [0.1, 0.15) is 66.9 Å². The van der Waals surface area contributed by atoms with Gasteiger partial charge < -0.3 is 14.8 Å². The van der Waals surface area contributed by atoms with E-state index in [4.69, 9.17) is 9.52 Å². The molecule has 1 heterocycles. The average Bonchev–Trinajstić information content (AvgIpc) is 2.85. The molecule has 1 atom stereocenters. The van der Waals surface area contributed by atoms with Crippen LogP contribution in [0.4, 0.5) is 0 Å². The van der Waals surface area contributed by atoms with Crippen LogP contribution in [0.15, 0.2) is 16.7 Å². The minimum absolute atomic E-state index is 0.0733. The van der Waals surface area contributed by atoms with E-state index in [1.807, 2.05) is 0 Å². The summed E-state index contributed by atoms with van der Waals surface area (Å²) in [6.45, 7) is 4.15. The topological polar surface area (TPSA) is 79.5 Å². The molecular formula is C14H21NO4. The second-order valence-electron chi connectivity index (χ2n) is 4.57. The molecule has 0 aliphatic carbocycles. The van der Waals surface area contributed by atoms with E-state index in [0.717, 1.165) is 32.1 Å². The van der Waals surface area contributed by atoms with E-state index in [0.29, 0.717) is 0 Å². The first-order chi connectivity index (χ1) is 9.10.